The zero-order valence-electron chi connectivity index (χ0n) is 10.3. The average molecular weight is 237 g/mol. The Hall–Kier alpha value is -0.280. The van der Waals surface area contributed by atoms with Crippen LogP contribution in [0.25, 0.3) is 0 Å². The predicted octanol–water partition coefficient (Wildman–Crippen LogP) is 2.23. The first-order valence-electron chi connectivity index (χ1n) is 5.56. The lowest BCUT2D eigenvalue weighted by molar-refractivity contribution is -0.124. The lowest BCUT2D eigenvalue weighted by Crippen LogP contribution is -2.51. The highest BCUT2D eigenvalue weighted by atomic mass is 35.5. The molecule has 0 fully saturated rings. The van der Waals surface area contributed by atoms with Gasteiger partial charge in [-0.1, -0.05) is 27.2 Å². The van der Waals surface area contributed by atoms with Gasteiger partial charge in [0.25, 0.3) is 0 Å². The molecular formula is C11H25ClN2O. The average Bonchev–Trinajstić information content (AvgIpc) is 2.18. The fourth-order valence-electron chi connectivity index (χ4n) is 1.26. The second-order valence-corrected chi connectivity index (χ2v) is 4.15. The van der Waals surface area contributed by atoms with Gasteiger partial charge in [-0.3, -0.25) is 4.79 Å². The fraction of sp³-hybridized carbons (Fsp3) is 0.909. The summed E-state index contributed by atoms with van der Waals surface area (Å²) in [6.07, 6.45) is 3.58. The molecule has 0 saturated carbocycles. The van der Waals surface area contributed by atoms with E-state index in [9.17, 15) is 4.79 Å². The minimum absolute atomic E-state index is 0. The van der Waals surface area contributed by atoms with E-state index < -0.39 is 0 Å². The third-order valence-corrected chi connectivity index (χ3v) is 2.92. The molecule has 0 saturated heterocycles. The second kappa shape index (κ2) is 7.94. The molecule has 0 rings (SSSR count). The van der Waals surface area contributed by atoms with Crippen molar-refractivity contribution in [2.24, 2.45) is 5.73 Å². The molecule has 0 bridgehead atoms. The summed E-state index contributed by atoms with van der Waals surface area (Å²) < 4.78 is 0. The number of hydrogen-bond acceptors (Lipinski definition) is 2. The highest BCUT2D eigenvalue weighted by molar-refractivity contribution is 5.85. The summed E-state index contributed by atoms with van der Waals surface area (Å²) in [6, 6.07) is -0.350. The van der Waals surface area contributed by atoms with Crippen molar-refractivity contribution in [3.05, 3.63) is 0 Å². The molecule has 0 heterocycles. The molecule has 15 heavy (non-hydrogen) atoms. The lowest BCUT2D eigenvalue weighted by Gasteiger charge is -2.29. The molecule has 0 aromatic carbocycles. The minimum atomic E-state index is -0.350. The Bertz CT molecular complexity index is 181. The summed E-state index contributed by atoms with van der Waals surface area (Å²) in [4.78, 5) is 11.6. The lowest BCUT2D eigenvalue weighted by atomic mass is 9.95. The summed E-state index contributed by atoms with van der Waals surface area (Å²) in [6.45, 7) is 8.25. The standard InChI is InChI=1S/C11H24N2O.ClH/c1-5-8-9(12)10(14)13-11(4,6-2)7-3;/h9H,5-8,12H2,1-4H3,(H,13,14);1H. The molecule has 0 aliphatic rings. The Labute approximate surface area is 99.6 Å². The van der Waals surface area contributed by atoms with E-state index in [-0.39, 0.29) is 29.9 Å². The molecule has 0 radical (unpaired) electrons. The van der Waals surface area contributed by atoms with Gasteiger partial charge in [0, 0.05) is 5.54 Å². The summed E-state index contributed by atoms with van der Waals surface area (Å²) in [5.74, 6) is -0.0157. The third kappa shape index (κ3) is 6.00. The zero-order chi connectivity index (χ0) is 11.2. The van der Waals surface area contributed by atoms with Gasteiger partial charge in [0.05, 0.1) is 6.04 Å². The molecule has 0 aliphatic carbocycles. The zero-order valence-corrected chi connectivity index (χ0v) is 11.1. The number of hydrogen-bond donors (Lipinski definition) is 2. The van der Waals surface area contributed by atoms with Crippen LogP contribution in [0.2, 0.25) is 0 Å². The van der Waals surface area contributed by atoms with Crippen LogP contribution >= 0.6 is 12.4 Å². The Morgan fingerprint density at radius 2 is 1.80 bits per heavy atom. The van der Waals surface area contributed by atoms with Gasteiger partial charge in [-0.25, -0.2) is 0 Å². The topological polar surface area (TPSA) is 55.1 Å². The fourth-order valence-corrected chi connectivity index (χ4v) is 1.26. The van der Waals surface area contributed by atoms with Gasteiger partial charge >= 0.3 is 0 Å². The number of amides is 1. The maximum atomic E-state index is 11.6. The van der Waals surface area contributed by atoms with Crippen molar-refractivity contribution in [2.75, 3.05) is 0 Å². The van der Waals surface area contributed by atoms with Crippen LogP contribution in [0, 0.1) is 0 Å². The van der Waals surface area contributed by atoms with E-state index in [4.69, 9.17) is 5.73 Å². The molecule has 1 amide bonds. The molecule has 0 aromatic heterocycles. The quantitative estimate of drug-likeness (QED) is 0.743. The number of rotatable bonds is 6. The molecule has 0 spiro atoms. The van der Waals surface area contributed by atoms with Crippen molar-refractivity contribution in [3.63, 3.8) is 0 Å². The highest BCUT2D eigenvalue weighted by Gasteiger charge is 2.24. The van der Waals surface area contributed by atoms with Crippen LogP contribution < -0.4 is 11.1 Å². The van der Waals surface area contributed by atoms with Crippen LogP contribution in [0.15, 0.2) is 0 Å². The molecule has 3 N–H and O–H groups in total. The molecule has 3 nitrogen and oxygen atoms in total. The third-order valence-electron chi connectivity index (χ3n) is 2.92. The Balaban J connectivity index is 0. The summed E-state index contributed by atoms with van der Waals surface area (Å²) >= 11 is 0. The van der Waals surface area contributed by atoms with Gasteiger partial charge in [-0.15, -0.1) is 12.4 Å². The van der Waals surface area contributed by atoms with E-state index in [0.717, 1.165) is 25.7 Å². The normalized spacial score (nSPS) is 12.9. The SMILES string of the molecule is CCCC(N)C(=O)NC(C)(CC)CC.Cl. The maximum absolute atomic E-state index is 11.6. The highest BCUT2D eigenvalue weighted by Crippen LogP contribution is 2.13. The second-order valence-electron chi connectivity index (χ2n) is 4.15. The van der Waals surface area contributed by atoms with E-state index in [2.05, 4.69) is 26.1 Å². The van der Waals surface area contributed by atoms with Gasteiger partial charge in [0.1, 0.15) is 0 Å². The monoisotopic (exact) mass is 236 g/mol. The van der Waals surface area contributed by atoms with Crippen molar-refractivity contribution in [2.45, 2.75) is 65.0 Å². The molecule has 1 atom stereocenters. The number of carbonyl (C=O) groups excluding carboxylic acids is 1. The van der Waals surface area contributed by atoms with Crippen molar-refractivity contribution >= 4 is 18.3 Å². The van der Waals surface area contributed by atoms with Gasteiger partial charge in [-0.2, -0.15) is 0 Å². The Morgan fingerprint density at radius 3 is 2.13 bits per heavy atom. The largest absolute Gasteiger partial charge is 0.350 e. The van der Waals surface area contributed by atoms with Crippen molar-refractivity contribution in [3.8, 4) is 0 Å². The molecule has 4 heteroatoms. The molecule has 0 aromatic rings. The van der Waals surface area contributed by atoms with Crippen molar-refractivity contribution in [1.29, 1.82) is 0 Å². The van der Waals surface area contributed by atoms with Crippen LogP contribution in [0.1, 0.15) is 53.4 Å². The van der Waals surface area contributed by atoms with E-state index in [1.807, 2.05) is 6.92 Å². The molecule has 1 unspecified atom stereocenters. The smallest absolute Gasteiger partial charge is 0.237 e. The Kier molecular flexibility index (Phi) is 9.07. The summed E-state index contributed by atoms with van der Waals surface area (Å²) in [7, 11) is 0. The van der Waals surface area contributed by atoms with Crippen LogP contribution in [0.4, 0.5) is 0 Å². The Morgan fingerprint density at radius 1 is 1.33 bits per heavy atom. The van der Waals surface area contributed by atoms with Crippen molar-refractivity contribution in [1.82, 2.24) is 5.32 Å². The maximum Gasteiger partial charge on any atom is 0.237 e. The van der Waals surface area contributed by atoms with Crippen LogP contribution in [0.3, 0.4) is 0 Å². The van der Waals surface area contributed by atoms with E-state index in [0.29, 0.717) is 0 Å². The first-order chi connectivity index (χ1) is 6.49. The number of nitrogens with two attached hydrogens (primary N) is 1. The van der Waals surface area contributed by atoms with Gasteiger partial charge in [0.15, 0.2) is 0 Å². The number of carbonyl (C=O) groups is 1. The first kappa shape index (κ1) is 17.1. The van der Waals surface area contributed by atoms with Crippen molar-refractivity contribution < 1.29 is 4.79 Å². The van der Waals surface area contributed by atoms with Gasteiger partial charge in [0.2, 0.25) is 5.91 Å². The van der Waals surface area contributed by atoms with E-state index in [1.54, 1.807) is 0 Å². The van der Waals surface area contributed by atoms with Gasteiger partial charge in [-0.05, 0) is 26.2 Å². The summed E-state index contributed by atoms with van der Waals surface area (Å²) in [5, 5.41) is 3.01. The molecule has 92 valence electrons. The first-order valence-corrected chi connectivity index (χ1v) is 5.56. The number of nitrogens with one attached hydrogen (secondary N) is 1. The van der Waals surface area contributed by atoms with Crippen LogP contribution in [-0.2, 0) is 4.79 Å². The molecular weight excluding hydrogens is 212 g/mol. The molecule has 0 aliphatic heterocycles. The predicted molar refractivity (Wildman–Crippen MR) is 67.3 cm³/mol. The number of halogens is 1. The van der Waals surface area contributed by atoms with E-state index in [1.165, 1.54) is 0 Å². The summed E-state index contributed by atoms with van der Waals surface area (Å²) in [5.41, 5.74) is 5.64. The van der Waals surface area contributed by atoms with Crippen LogP contribution in [0.5, 0.6) is 0 Å². The van der Waals surface area contributed by atoms with Crippen LogP contribution in [-0.4, -0.2) is 17.5 Å². The van der Waals surface area contributed by atoms with Gasteiger partial charge < -0.3 is 11.1 Å². The van der Waals surface area contributed by atoms with E-state index >= 15 is 0 Å². The minimum Gasteiger partial charge on any atom is -0.350 e.